The minimum Gasteiger partial charge on any atom is -0.378 e. The Morgan fingerprint density at radius 1 is 1.38 bits per heavy atom. The van der Waals surface area contributed by atoms with Crippen LogP contribution in [0.3, 0.4) is 0 Å². The molecule has 2 saturated heterocycles. The van der Waals surface area contributed by atoms with Gasteiger partial charge < -0.3 is 10.1 Å². The molecule has 0 aromatic heterocycles. The predicted octanol–water partition coefficient (Wildman–Crippen LogP) is 0.459. The normalized spacial score (nSPS) is 35.1. The van der Waals surface area contributed by atoms with Crippen LogP contribution in [-0.2, 0) is 4.74 Å². The number of rotatable bonds is 0. The highest BCUT2D eigenvalue weighted by molar-refractivity contribution is 4.90. The van der Waals surface area contributed by atoms with Crippen molar-refractivity contribution in [2.24, 2.45) is 0 Å². The Bertz CT molecular complexity index is 182. The third-order valence-electron chi connectivity index (χ3n) is 3.10. The summed E-state index contributed by atoms with van der Waals surface area (Å²) in [5.74, 6) is 0. The van der Waals surface area contributed by atoms with Crippen LogP contribution in [0.2, 0.25) is 0 Å². The van der Waals surface area contributed by atoms with Gasteiger partial charge in [0.05, 0.1) is 13.2 Å². The lowest BCUT2D eigenvalue weighted by Crippen LogP contribution is -2.47. The predicted molar refractivity (Wildman–Crippen MR) is 52.9 cm³/mol. The van der Waals surface area contributed by atoms with Gasteiger partial charge >= 0.3 is 0 Å². The maximum atomic E-state index is 5.52. The highest BCUT2D eigenvalue weighted by atomic mass is 16.5. The SMILES string of the molecule is CC1(C)CC2COCCN2CCN1. The van der Waals surface area contributed by atoms with Crippen LogP contribution < -0.4 is 5.32 Å². The molecule has 2 rings (SSSR count). The molecule has 1 unspecified atom stereocenters. The number of hydrogen-bond acceptors (Lipinski definition) is 3. The van der Waals surface area contributed by atoms with E-state index in [1.54, 1.807) is 0 Å². The number of nitrogens with one attached hydrogen (secondary N) is 1. The average Bonchev–Trinajstić information content (AvgIpc) is 2.21. The van der Waals surface area contributed by atoms with Crippen molar-refractivity contribution in [2.75, 3.05) is 32.8 Å². The maximum Gasteiger partial charge on any atom is 0.0623 e. The zero-order valence-electron chi connectivity index (χ0n) is 8.68. The number of morpholine rings is 1. The van der Waals surface area contributed by atoms with E-state index in [9.17, 15) is 0 Å². The molecule has 3 heteroatoms. The smallest absolute Gasteiger partial charge is 0.0623 e. The summed E-state index contributed by atoms with van der Waals surface area (Å²) in [4.78, 5) is 2.56. The molecular formula is C10H20N2O. The molecule has 0 radical (unpaired) electrons. The Labute approximate surface area is 80.4 Å². The summed E-state index contributed by atoms with van der Waals surface area (Å²) in [6.45, 7) is 9.81. The Hall–Kier alpha value is -0.120. The van der Waals surface area contributed by atoms with Crippen molar-refractivity contribution in [1.82, 2.24) is 10.2 Å². The summed E-state index contributed by atoms with van der Waals surface area (Å²) < 4.78 is 5.52. The minimum atomic E-state index is 0.278. The molecule has 2 aliphatic rings. The van der Waals surface area contributed by atoms with Gasteiger partial charge in [0.1, 0.15) is 0 Å². The first-order valence-electron chi connectivity index (χ1n) is 5.24. The van der Waals surface area contributed by atoms with Gasteiger partial charge in [-0.25, -0.2) is 0 Å². The van der Waals surface area contributed by atoms with E-state index in [2.05, 4.69) is 24.1 Å². The Balaban J connectivity index is 2.03. The molecule has 0 amide bonds. The van der Waals surface area contributed by atoms with E-state index in [1.165, 1.54) is 13.0 Å². The van der Waals surface area contributed by atoms with E-state index in [0.29, 0.717) is 6.04 Å². The summed E-state index contributed by atoms with van der Waals surface area (Å²) in [7, 11) is 0. The molecule has 0 spiro atoms. The molecule has 0 bridgehead atoms. The lowest BCUT2D eigenvalue weighted by atomic mass is 9.95. The molecule has 0 aliphatic carbocycles. The van der Waals surface area contributed by atoms with Gasteiger partial charge in [0, 0.05) is 31.2 Å². The van der Waals surface area contributed by atoms with Gasteiger partial charge in [0.25, 0.3) is 0 Å². The van der Waals surface area contributed by atoms with Gasteiger partial charge in [-0.15, -0.1) is 0 Å². The van der Waals surface area contributed by atoms with E-state index in [4.69, 9.17) is 4.74 Å². The fourth-order valence-electron chi connectivity index (χ4n) is 2.37. The van der Waals surface area contributed by atoms with Crippen LogP contribution in [0.4, 0.5) is 0 Å². The number of ether oxygens (including phenoxy) is 1. The Morgan fingerprint density at radius 3 is 3.08 bits per heavy atom. The quantitative estimate of drug-likeness (QED) is 0.592. The standard InChI is InChI=1S/C10H20N2O/c1-10(2)7-9-8-13-6-5-12(9)4-3-11-10/h9,11H,3-8H2,1-2H3. The largest absolute Gasteiger partial charge is 0.378 e. The van der Waals surface area contributed by atoms with Crippen molar-refractivity contribution in [3.63, 3.8) is 0 Å². The van der Waals surface area contributed by atoms with Crippen LogP contribution in [0, 0.1) is 0 Å². The fraction of sp³-hybridized carbons (Fsp3) is 1.00. The van der Waals surface area contributed by atoms with E-state index in [1.807, 2.05) is 0 Å². The zero-order valence-corrected chi connectivity index (χ0v) is 8.68. The summed E-state index contributed by atoms with van der Waals surface area (Å²) in [5.41, 5.74) is 0.278. The van der Waals surface area contributed by atoms with Gasteiger partial charge in [0.2, 0.25) is 0 Å². The second-order valence-electron chi connectivity index (χ2n) is 4.78. The number of fused-ring (bicyclic) bond motifs is 1. The lowest BCUT2D eigenvalue weighted by Gasteiger charge is -2.36. The van der Waals surface area contributed by atoms with E-state index < -0.39 is 0 Å². The van der Waals surface area contributed by atoms with Crippen LogP contribution in [0.1, 0.15) is 20.3 Å². The number of nitrogens with zero attached hydrogens (tertiary/aromatic N) is 1. The van der Waals surface area contributed by atoms with Crippen molar-refractivity contribution in [3.05, 3.63) is 0 Å². The van der Waals surface area contributed by atoms with Crippen LogP contribution in [0.5, 0.6) is 0 Å². The molecule has 2 aliphatic heterocycles. The first-order chi connectivity index (χ1) is 6.17. The molecule has 0 saturated carbocycles. The Kier molecular flexibility index (Phi) is 2.58. The molecular weight excluding hydrogens is 164 g/mol. The van der Waals surface area contributed by atoms with Crippen LogP contribution in [0.25, 0.3) is 0 Å². The summed E-state index contributed by atoms with van der Waals surface area (Å²) >= 11 is 0. The third kappa shape index (κ3) is 2.22. The van der Waals surface area contributed by atoms with Crippen LogP contribution >= 0.6 is 0 Å². The second-order valence-corrected chi connectivity index (χ2v) is 4.78. The van der Waals surface area contributed by atoms with Gasteiger partial charge in [-0.05, 0) is 20.3 Å². The second kappa shape index (κ2) is 3.56. The van der Waals surface area contributed by atoms with Crippen LogP contribution in [0.15, 0.2) is 0 Å². The topological polar surface area (TPSA) is 24.5 Å². The molecule has 0 aromatic carbocycles. The first-order valence-corrected chi connectivity index (χ1v) is 5.24. The third-order valence-corrected chi connectivity index (χ3v) is 3.10. The molecule has 0 aromatic rings. The average molecular weight is 184 g/mol. The van der Waals surface area contributed by atoms with E-state index >= 15 is 0 Å². The first kappa shape index (κ1) is 9.44. The molecule has 2 heterocycles. The molecule has 13 heavy (non-hydrogen) atoms. The van der Waals surface area contributed by atoms with Crippen molar-refractivity contribution in [1.29, 1.82) is 0 Å². The van der Waals surface area contributed by atoms with Gasteiger partial charge in [-0.3, -0.25) is 4.90 Å². The number of hydrogen-bond donors (Lipinski definition) is 1. The maximum absolute atomic E-state index is 5.52. The summed E-state index contributed by atoms with van der Waals surface area (Å²) in [6.07, 6.45) is 1.20. The summed E-state index contributed by atoms with van der Waals surface area (Å²) in [6, 6.07) is 0.638. The van der Waals surface area contributed by atoms with Crippen molar-refractivity contribution < 1.29 is 4.74 Å². The van der Waals surface area contributed by atoms with Crippen molar-refractivity contribution >= 4 is 0 Å². The summed E-state index contributed by atoms with van der Waals surface area (Å²) in [5, 5.41) is 3.58. The van der Waals surface area contributed by atoms with Gasteiger partial charge in [0.15, 0.2) is 0 Å². The Morgan fingerprint density at radius 2 is 2.23 bits per heavy atom. The van der Waals surface area contributed by atoms with E-state index in [0.717, 1.165) is 26.3 Å². The highest BCUT2D eigenvalue weighted by Gasteiger charge is 2.31. The van der Waals surface area contributed by atoms with E-state index in [-0.39, 0.29) is 5.54 Å². The molecule has 2 fully saturated rings. The molecule has 1 N–H and O–H groups in total. The minimum absolute atomic E-state index is 0.278. The molecule has 1 atom stereocenters. The van der Waals surface area contributed by atoms with Crippen LogP contribution in [-0.4, -0.2) is 49.3 Å². The van der Waals surface area contributed by atoms with Crippen molar-refractivity contribution in [2.45, 2.75) is 31.8 Å². The van der Waals surface area contributed by atoms with Gasteiger partial charge in [-0.1, -0.05) is 0 Å². The lowest BCUT2D eigenvalue weighted by molar-refractivity contribution is -0.00839. The molecule has 76 valence electrons. The monoisotopic (exact) mass is 184 g/mol. The van der Waals surface area contributed by atoms with Crippen molar-refractivity contribution in [3.8, 4) is 0 Å². The molecule has 3 nitrogen and oxygen atoms in total. The highest BCUT2D eigenvalue weighted by Crippen LogP contribution is 2.20. The van der Waals surface area contributed by atoms with Gasteiger partial charge in [-0.2, -0.15) is 0 Å². The fourth-order valence-corrected chi connectivity index (χ4v) is 2.37. The zero-order chi connectivity index (χ0) is 9.31.